The molecule has 8 heteroatoms. The number of benzene rings is 1. The minimum absolute atomic E-state index is 0.00704. The van der Waals surface area contributed by atoms with Crippen LogP contribution in [0.15, 0.2) is 87.2 Å². The second-order valence-corrected chi connectivity index (χ2v) is 7.49. The van der Waals surface area contributed by atoms with Crippen LogP contribution in [-0.2, 0) is 11.3 Å². The molecular weight excluding hydrogens is 420 g/mol. The van der Waals surface area contributed by atoms with Gasteiger partial charge in [-0.15, -0.1) is 0 Å². The van der Waals surface area contributed by atoms with Crippen LogP contribution in [0.3, 0.4) is 0 Å². The van der Waals surface area contributed by atoms with E-state index >= 15 is 0 Å². The second-order valence-electron chi connectivity index (χ2n) is 7.05. The molecule has 4 heterocycles. The largest absolute Gasteiger partial charge is 0.503 e. The molecule has 1 atom stereocenters. The van der Waals surface area contributed by atoms with Gasteiger partial charge in [-0.05, 0) is 48.5 Å². The molecule has 0 saturated carbocycles. The Balaban J connectivity index is 1.60. The Kier molecular flexibility index (Phi) is 4.60. The van der Waals surface area contributed by atoms with Crippen LogP contribution in [0.25, 0.3) is 11.0 Å². The average Bonchev–Trinajstić information content (AvgIpc) is 3.49. The third-order valence-corrected chi connectivity index (χ3v) is 5.36. The third kappa shape index (κ3) is 3.29. The Labute approximate surface area is 181 Å². The Morgan fingerprint density at radius 1 is 1.16 bits per heavy atom. The maximum atomic E-state index is 13.4. The van der Waals surface area contributed by atoms with E-state index in [9.17, 15) is 14.7 Å². The summed E-state index contributed by atoms with van der Waals surface area (Å²) in [6.07, 6.45) is 3.05. The zero-order valence-electron chi connectivity index (χ0n) is 16.0. The fourth-order valence-electron chi connectivity index (χ4n) is 3.72. The summed E-state index contributed by atoms with van der Waals surface area (Å²) in [5, 5.41) is 11.8. The fraction of sp³-hybridized carbons (Fsp3) is 0.0870. The fourth-order valence-corrected chi connectivity index (χ4v) is 3.90. The van der Waals surface area contributed by atoms with Crippen molar-refractivity contribution in [3.8, 4) is 0 Å². The molecule has 1 aromatic carbocycles. The van der Waals surface area contributed by atoms with Crippen molar-refractivity contribution in [1.29, 1.82) is 0 Å². The standard InChI is InChI=1S/C23H15ClN2O5/c24-14-6-7-17-13(10-14)11-18(31-17)21(27)19-20(16-5-1-2-8-25-16)26(23(29)22(19)28)12-15-4-3-9-30-15/h1-11,20,28H,12H2. The van der Waals surface area contributed by atoms with Crippen LogP contribution in [0.4, 0.5) is 0 Å². The van der Waals surface area contributed by atoms with Crippen molar-refractivity contribution in [1.82, 2.24) is 9.88 Å². The van der Waals surface area contributed by atoms with Crippen molar-refractivity contribution in [2.75, 3.05) is 0 Å². The summed E-state index contributed by atoms with van der Waals surface area (Å²) in [7, 11) is 0. The molecule has 0 radical (unpaired) electrons. The molecule has 4 aromatic rings. The number of halogens is 1. The number of pyridine rings is 1. The first-order chi connectivity index (χ1) is 15.0. The van der Waals surface area contributed by atoms with Crippen LogP contribution in [0, 0.1) is 0 Å². The number of aliphatic hydroxyl groups excluding tert-OH is 1. The highest BCUT2D eigenvalue weighted by atomic mass is 35.5. The van der Waals surface area contributed by atoms with Gasteiger partial charge in [0.15, 0.2) is 11.5 Å². The van der Waals surface area contributed by atoms with Crippen LogP contribution in [0.2, 0.25) is 5.02 Å². The van der Waals surface area contributed by atoms with Gasteiger partial charge < -0.3 is 18.8 Å². The zero-order valence-corrected chi connectivity index (χ0v) is 16.7. The Morgan fingerprint density at radius 2 is 2.03 bits per heavy atom. The predicted octanol–water partition coefficient (Wildman–Crippen LogP) is 4.85. The van der Waals surface area contributed by atoms with Crippen LogP contribution >= 0.6 is 11.6 Å². The van der Waals surface area contributed by atoms with Gasteiger partial charge in [-0.2, -0.15) is 0 Å². The summed E-state index contributed by atoms with van der Waals surface area (Å²) in [5.41, 5.74) is 0.813. The van der Waals surface area contributed by atoms with Gasteiger partial charge in [0, 0.05) is 16.6 Å². The number of hydrogen-bond donors (Lipinski definition) is 1. The topological polar surface area (TPSA) is 96.8 Å². The van der Waals surface area contributed by atoms with E-state index in [0.29, 0.717) is 27.4 Å². The molecule has 5 rings (SSSR count). The van der Waals surface area contributed by atoms with Crippen LogP contribution in [-0.4, -0.2) is 26.7 Å². The molecule has 0 bridgehead atoms. The van der Waals surface area contributed by atoms with Crippen molar-refractivity contribution in [2.45, 2.75) is 12.6 Å². The number of amides is 1. The second kappa shape index (κ2) is 7.45. The predicted molar refractivity (Wildman–Crippen MR) is 111 cm³/mol. The molecule has 0 aliphatic carbocycles. The molecule has 154 valence electrons. The van der Waals surface area contributed by atoms with Gasteiger partial charge in [0.1, 0.15) is 17.4 Å². The Hall–Kier alpha value is -3.84. The number of fused-ring (bicyclic) bond motifs is 1. The maximum absolute atomic E-state index is 13.4. The normalized spacial score (nSPS) is 16.5. The number of ketones is 1. The summed E-state index contributed by atoms with van der Waals surface area (Å²) in [6, 6.07) is 14.2. The van der Waals surface area contributed by atoms with E-state index in [1.807, 2.05) is 0 Å². The summed E-state index contributed by atoms with van der Waals surface area (Å²) in [4.78, 5) is 32.0. The van der Waals surface area contributed by atoms with Gasteiger partial charge in [0.05, 0.1) is 24.1 Å². The first-order valence-corrected chi connectivity index (χ1v) is 9.82. The van der Waals surface area contributed by atoms with Crippen molar-refractivity contribution < 1.29 is 23.5 Å². The highest BCUT2D eigenvalue weighted by molar-refractivity contribution is 6.31. The summed E-state index contributed by atoms with van der Waals surface area (Å²) in [6.45, 7) is 0.0592. The minimum Gasteiger partial charge on any atom is -0.503 e. The molecule has 1 amide bonds. The van der Waals surface area contributed by atoms with E-state index in [-0.39, 0.29) is 17.9 Å². The number of rotatable bonds is 5. The van der Waals surface area contributed by atoms with Crippen molar-refractivity contribution in [3.63, 3.8) is 0 Å². The van der Waals surface area contributed by atoms with Gasteiger partial charge in [0.25, 0.3) is 5.91 Å². The van der Waals surface area contributed by atoms with E-state index in [4.69, 9.17) is 20.4 Å². The average molecular weight is 435 g/mol. The molecule has 0 spiro atoms. The van der Waals surface area contributed by atoms with Crippen LogP contribution in [0.5, 0.6) is 0 Å². The van der Waals surface area contributed by atoms with E-state index in [0.717, 1.165) is 0 Å². The third-order valence-electron chi connectivity index (χ3n) is 5.12. The quantitative estimate of drug-likeness (QED) is 0.451. The summed E-state index contributed by atoms with van der Waals surface area (Å²) in [5.74, 6) is -1.42. The highest BCUT2D eigenvalue weighted by Gasteiger charge is 2.45. The molecule has 1 aliphatic rings. The number of furan rings is 2. The zero-order chi connectivity index (χ0) is 21.5. The number of carbonyl (C=O) groups excluding carboxylic acids is 2. The van der Waals surface area contributed by atoms with Gasteiger partial charge >= 0.3 is 0 Å². The maximum Gasteiger partial charge on any atom is 0.290 e. The van der Waals surface area contributed by atoms with E-state index < -0.39 is 23.5 Å². The van der Waals surface area contributed by atoms with E-state index in [2.05, 4.69) is 4.98 Å². The molecule has 1 N–H and O–H groups in total. The lowest BCUT2D eigenvalue weighted by atomic mass is 9.98. The number of nitrogens with zero attached hydrogens (tertiary/aromatic N) is 2. The lowest BCUT2D eigenvalue weighted by molar-refractivity contribution is -0.130. The van der Waals surface area contributed by atoms with E-state index in [1.54, 1.807) is 60.8 Å². The number of aliphatic hydroxyl groups is 1. The van der Waals surface area contributed by atoms with Crippen LogP contribution < -0.4 is 0 Å². The van der Waals surface area contributed by atoms with Crippen LogP contribution in [0.1, 0.15) is 28.1 Å². The van der Waals surface area contributed by atoms with Gasteiger partial charge in [0.2, 0.25) is 5.78 Å². The molecule has 1 aliphatic heterocycles. The lowest BCUT2D eigenvalue weighted by Crippen LogP contribution is -2.31. The van der Waals surface area contributed by atoms with Crippen molar-refractivity contribution >= 4 is 34.3 Å². The smallest absolute Gasteiger partial charge is 0.290 e. The first kappa shape index (κ1) is 19.1. The summed E-state index contributed by atoms with van der Waals surface area (Å²) >= 11 is 6.02. The molecular formula is C23H15ClN2O5. The van der Waals surface area contributed by atoms with Gasteiger partial charge in [-0.1, -0.05) is 17.7 Å². The van der Waals surface area contributed by atoms with Crippen molar-refractivity contribution in [2.24, 2.45) is 0 Å². The summed E-state index contributed by atoms with van der Waals surface area (Å²) < 4.78 is 11.0. The Morgan fingerprint density at radius 3 is 2.77 bits per heavy atom. The minimum atomic E-state index is -0.900. The SMILES string of the molecule is O=C(C1=C(O)C(=O)N(Cc2ccco2)C1c1ccccn1)c1cc2cc(Cl)ccc2o1. The lowest BCUT2D eigenvalue weighted by Gasteiger charge is -2.24. The molecule has 3 aromatic heterocycles. The first-order valence-electron chi connectivity index (χ1n) is 9.44. The van der Waals surface area contributed by atoms with Gasteiger partial charge in [-0.3, -0.25) is 14.6 Å². The number of hydrogen-bond acceptors (Lipinski definition) is 6. The molecule has 7 nitrogen and oxygen atoms in total. The number of Topliss-reactive ketones (excluding diaryl/α,β-unsaturated/α-hetero) is 1. The van der Waals surface area contributed by atoms with Crippen molar-refractivity contribution in [3.05, 3.63) is 101 Å². The molecule has 0 fully saturated rings. The highest BCUT2D eigenvalue weighted by Crippen LogP contribution is 2.39. The number of carbonyl (C=O) groups is 2. The number of aromatic nitrogens is 1. The van der Waals surface area contributed by atoms with Gasteiger partial charge in [-0.25, -0.2) is 0 Å². The Bertz CT molecular complexity index is 1320. The van der Waals surface area contributed by atoms with E-state index in [1.165, 1.54) is 11.2 Å². The molecule has 1 unspecified atom stereocenters. The monoisotopic (exact) mass is 434 g/mol. The molecule has 0 saturated heterocycles. The molecule has 31 heavy (non-hydrogen) atoms.